The monoisotopic (exact) mass is 233 g/mol. The quantitative estimate of drug-likeness (QED) is 0.784. The van der Waals surface area contributed by atoms with Crippen molar-refractivity contribution < 1.29 is 0 Å². The maximum Gasteiger partial charge on any atom is 0.148 e. The minimum Gasteiger partial charge on any atom is -0.396 e. The molecule has 4 heteroatoms. The summed E-state index contributed by atoms with van der Waals surface area (Å²) in [7, 11) is 0. The fraction of sp³-hybridized carbons (Fsp3) is 0.0833. The molecule has 1 aromatic carbocycles. The molecule has 1 heterocycles. The zero-order valence-corrected chi connectivity index (χ0v) is 9.41. The van der Waals surface area contributed by atoms with E-state index in [0.29, 0.717) is 23.1 Å². The molecule has 2 rings (SSSR count). The number of benzene rings is 1. The Morgan fingerprint density at radius 3 is 2.50 bits per heavy atom. The molecule has 16 heavy (non-hydrogen) atoms. The maximum absolute atomic E-state index is 5.85. The second-order valence-electron chi connectivity index (χ2n) is 3.57. The van der Waals surface area contributed by atoms with Gasteiger partial charge in [-0.05, 0) is 23.6 Å². The Morgan fingerprint density at radius 2 is 1.81 bits per heavy atom. The average molecular weight is 234 g/mol. The van der Waals surface area contributed by atoms with Gasteiger partial charge in [0.05, 0.1) is 5.69 Å². The van der Waals surface area contributed by atoms with E-state index in [9.17, 15) is 0 Å². The summed E-state index contributed by atoms with van der Waals surface area (Å²) in [5.74, 6) is 0.290. The van der Waals surface area contributed by atoms with Crippen LogP contribution in [-0.2, 0) is 6.42 Å². The average Bonchev–Trinajstić information content (AvgIpc) is 2.27. The number of anilines is 2. The van der Waals surface area contributed by atoms with Gasteiger partial charge in [0, 0.05) is 0 Å². The third-order valence-electron chi connectivity index (χ3n) is 2.38. The lowest BCUT2D eigenvalue weighted by molar-refractivity contribution is 1.17. The van der Waals surface area contributed by atoms with E-state index in [2.05, 4.69) is 4.98 Å². The van der Waals surface area contributed by atoms with Crippen molar-refractivity contribution >= 4 is 23.1 Å². The number of aromatic nitrogens is 1. The van der Waals surface area contributed by atoms with Gasteiger partial charge in [0.15, 0.2) is 0 Å². The summed E-state index contributed by atoms with van der Waals surface area (Å²) in [5.41, 5.74) is 14.1. The van der Waals surface area contributed by atoms with Gasteiger partial charge in [-0.2, -0.15) is 0 Å². The van der Waals surface area contributed by atoms with Crippen LogP contribution in [-0.4, -0.2) is 4.98 Å². The fourth-order valence-electron chi connectivity index (χ4n) is 1.56. The molecule has 2 aromatic rings. The Morgan fingerprint density at radius 1 is 1.12 bits per heavy atom. The number of hydrogen-bond acceptors (Lipinski definition) is 3. The zero-order valence-electron chi connectivity index (χ0n) is 8.65. The number of halogens is 1. The van der Waals surface area contributed by atoms with E-state index < -0.39 is 0 Å². The van der Waals surface area contributed by atoms with Gasteiger partial charge in [-0.3, -0.25) is 0 Å². The van der Waals surface area contributed by atoms with Crippen molar-refractivity contribution in [3.63, 3.8) is 0 Å². The number of nitrogens with zero attached hydrogens (tertiary/aromatic N) is 1. The van der Waals surface area contributed by atoms with Crippen molar-refractivity contribution in [1.29, 1.82) is 0 Å². The third-order valence-corrected chi connectivity index (χ3v) is 2.57. The topological polar surface area (TPSA) is 64.9 Å². The first-order valence-corrected chi connectivity index (χ1v) is 5.29. The van der Waals surface area contributed by atoms with E-state index in [-0.39, 0.29) is 0 Å². The normalized spacial score (nSPS) is 10.3. The number of nitrogen functional groups attached to an aromatic ring is 2. The van der Waals surface area contributed by atoms with Gasteiger partial charge in [-0.1, -0.05) is 41.9 Å². The molecule has 3 nitrogen and oxygen atoms in total. The molecule has 0 fully saturated rings. The van der Waals surface area contributed by atoms with Gasteiger partial charge >= 0.3 is 0 Å². The lowest BCUT2D eigenvalue weighted by atomic mass is 10.0. The van der Waals surface area contributed by atoms with E-state index in [0.717, 1.165) is 11.1 Å². The fourth-order valence-corrected chi connectivity index (χ4v) is 1.78. The molecule has 0 aliphatic heterocycles. The van der Waals surface area contributed by atoms with Gasteiger partial charge in [0.2, 0.25) is 0 Å². The van der Waals surface area contributed by atoms with Crippen LogP contribution in [0.4, 0.5) is 11.5 Å². The van der Waals surface area contributed by atoms with Crippen LogP contribution >= 0.6 is 11.6 Å². The van der Waals surface area contributed by atoms with E-state index in [1.54, 1.807) is 6.07 Å². The molecule has 82 valence electrons. The summed E-state index contributed by atoms with van der Waals surface area (Å²) >= 11 is 5.84. The van der Waals surface area contributed by atoms with Crippen molar-refractivity contribution in [2.45, 2.75) is 6.42 Å². The molecule has 0 aliphatic rings. The minimum absolute atomic E-state index is 0.290. The summed E-state index contributed by atoms with van der Waals surface area (Å²) in [6.07, 6.45) is 0.707. The van der Waals surface area contributed by atoms with Crippen molar-refractivity contribution in [2.24, 2.45) is 0 Å². The SMILES string of the molecule is Nc1nc(Cl)cc(Cc2ccccc2)c1N. The lowest BCUT2D eigenvalue weighted by Crippen LogP contribution is -2.03. The van der Waals surface area contributed by atoms with Crippen LogP contribution in [0, 0.1) is 0 Å². The molecule has 0 saturated heterocycles. The first-order valence-electron chi connectivity index (χ1n) is 4.91. The molecular weight excluding hydrogens is 222 g/mol. The van der Waals surface area contributed by atoms with Crippen LogP contribution in [0.25, 0.3) is 0 Å². The molecule has 0 bridgehead atoms. The highest BCUT2D eigenvalue weighted by atomic mass is 35.5. The first-order chi connectivity index (χ1) is 7.66. The molecule has 0 radical (unpaired) electrons. The molecule has 1 aromatic heterocycles. The standard InChI is InChI=1S/C12H12ClN3/c13-10-7-9(11(14)12(15)16-10)6-8-4-2-1-3-5-8/h1-5,7H,6,14H2,(H2,15,16). The molecule has 0 aliphatic carbocycles. The van der Waals surface area contributed by atoms with Crippen LogP contribution in [0.15, 0.2) is 36.4 Å². The van der Waals surface area contributed by atoms with Gasteiger partial charge in [-0.25, -0.2) is 4.98 Å². The van der Waals surface area contributed by atoms with E-state index in [1.807, 2.05) is 30.3 Å². The Bertz CT molecular complexity index is 497. The van der Waals surface area contributed by atoms with Gasteiger partial charge in [0.25, 0.3) is 0 Å². The zero-order chi connectivity index (χ0) is 11.5. The second kappa shape index (κ2) is 4.41. The summed E-state index contributed by atoms with van der Waals surface area (Å²) in [4.78, 5) is 3.89. The highest BCUT2D eigenvalue weighted by Gasteiger charge is 2.07. The molecule has 0 unspecified atom stereocenters. The Kier molecular flexibility index (Phi) is 2.97. The van der Waals surface area contributed by atoms with Crippen molar-refractivity contribution in [2.75, 3.05) is 11.5 Å². The maximum atomic E-state index is 5.85. The van der Waals surface area contributed by atoms with Gasteiger partial charge in [0.1, 0.15) is 11.0 Å². The van der Waals surface area contributed by atoms with E-state index in [4.69, 9.17) is 23.1 Å². The van der Waals surface area contributed by atoms with Crippen LogP contribution < -0.4 is 11.5 Å². The van der Waals surface area contributed by atoms with Crippen LogP contribution in [0.5, 0.6) is 0 Å². The largest absolute Gasteiger partial charge is 0.396 e. The number of rotatable bonds is 2. The highest BCUT2D eigenvalue weighted by molar-refractivity contribution is 6.29. The Balaban J connectivity index is 2.35. The smallest absolute Gasteiger partial charge is 0.148 e. The third kappa shape index (κ3) is 2.25. The van der Waals surface area contributed by atoms with E-state index in [1.165, 1.54) is 0 Å². The molecule has 4 N–H and O–H groups in total. The predicted octanol–water partition coefficient (Wildman–Crippen LogP) is 2.49. The summed E-state index contributed by atoms with van der Waals surface area (Å²) in [6, 6.07) is 11.8. The van der Waals surface area contributed by atoms with Crippen molar-refractivity contribution in [1.82, 2.24) is 4.98 Å². The van der Waals surface area contributed by atoms with Crippen molar-refractivity contribution in [3.05, 3.63) is 52.7 Å². The molecule has 0 spiro atoms. The second-order valence-corrected chi connectivity index (χ2v) is 3.95. The lowest BCUT2D eigenvalue weighted by Gasteiger charge is -2.08. The van der Waals surface area contributed by atoms with Crippen LogP contribution in [0.3, 0.4) is 0 Å². The highest BCUT2D eigenvalue weighted by Crippen LogP contribution is 2.24. The summed E-state index contributed by atoms with van der Waals surface area (Å²) < 4.78 is 0. The molecule has 0 saturated carbocycles. The number of nitrogens with two attached hydrogens (primary N) is 2. The van der Waals surface area contributed by atoms with Crippen LogP contribution in [0.1, 0.15) is 11.1 Å². The van der Waals surface area contributed by atoms with E-state index >= 15 is 0 Å². The summed E-state index contributed by atoms with van der Waals surface area (Å²) in [5, 5.41) is 0.373. The van der Waals surface area contributed by atoms with Gasteiger partial charge < -0.3 is 11.5 Å². The van der Waals surface area contributed by atoms with Crippen molar-refractivity contribution in [3.8, 4) is 0 Å². The number of hydrogen-bond donors (Lipinski definition) is 2. The Labute approximate surface area is 99.1 Å². The van der Waals surface area contributed by atoms with Gasteiger partial charge in [-0.15, -0.1) is 0 Å². The number of pyridine rings is 1. The first kappa shape index (κ1) is 10.8. The van der Waals surface area contributed by atoms with Crippen LogP contribution in [0.2, 0.25) is 5.15 Å². The predicted molar refractivity (Wildman–Crippen MR) is 67.3 cm³/mol. The molecule has 0 amide bonds. The molecular formula is C12H12ClN3. The summed E-state index contributed by atoms with van der Waals surface area (Å²) in [6.45, 7) is 0. The Hall–Kier alpha value is -1.74. The molecule has 0 atom stereocenters. The minimum atomic E-state index is 0.290.